The maximum atomic E-state index is 11.2. The molecule has 5 heteroatoms. The zero-order valence-corrected chi connectivity index (χ0v) is 22.9. The molecule has 1 aromatic heterocycles. The van der Waals surface area contributed by atoms with Crippen molar-refractivity contribution < 1.29 is 15.3 Å². The van der Waals surface area contributed by atoms with Gasteiger partial charge in [-0.25, -0.2) is 4.98 Å². The minimum absolute atomic E-state index is 0.232. The fraction of sp³-hybridized carbons (Fsp3) is 0.656. The second-order valence-electron chi connectivity index (χ2n) is 12.6. The van der Waals surface area contributed by atoms with Gasteiger partial charge >= 0.3 is 0 Å². The van der Waals surface area contributed by atoms with Gasteiger partial charge in [0.15, 0.2) is 0 Å². The number of aliphatic hydroxyl groups is 3. The highest BCUT2D eigenvalue weighted by Gasteiger charge is 2.53. The number of hydrogen-bond donors (Lipinski definition) is 4. The van der Waals surface area contributed by atoms with Crippen molar-refractivity contribution in [3.63, 3.8) is 0 Å². The van der Waals surface area contributed by atoms with Crippen molar-refractivity contribution in [1.82, 2.24) is 9.97 Å². The molecule has 5 nitrogen and oxygen atoms in total. The zero-order chi connectivity index (χ0) is 26.4. The number of nitrogens with one attached hydrogen (secondary N) is 1. The third-order valence-corrected chi connectivity index (χ3v) is 10.4. The number of aromatic nitrogens is 2. The van der Waals surface area contributed by atoms with Crippen molar-refractivity contribution >= 4 is 0 Å². The Labute approximate surface area is 222 Å². The average Bonchev–Trinajstić information content (AvgIpc) is 3.39. The van der Waals surface area contributed by atoms with Crippen LogP contribution in [0.25, 0.3) is 0 Å². The lowest BCUT2D eigenvalue weighted by atomic mass is 9.61. The molecular formula is C32H46N2O3. The monoisotopic (exact) mass is 506 g/mol. The van der Waals surface area contributed by atoms with Gasteiger partial charge in [0.1, 0.15) is 5.82 Å². The molecule has 4 aliphatic carbocycles. The predicted octanol–water partition coefficient (Wildman–Crippen LogP) is 5.70. The molecule has 37 heavy (non-hydrogen) atoms. The van der Waals surface area contributed by atoms with E-state index in [2.05, 4.69) is 61.6 Å². The van der Waals surface area contributed by atoms with Gasteiger partial charge in [-0.05, 0) is 92.1 Å². The van der Waals surface area contributed by atoms with Crippen LogP contribution in [-0.4, -0.2) is 43.6 Å². The maximum Gasteiger partial charge on any atom is 0.115 e. The van der Waals surface area contributed by atoms with Gasteiger partial charge < -0.3 is 20.3 Å². The van der Waals surface area contributed by atoms with Gasteiger partial charge in [-0.2, -0.15) is 0 Å². The summed E-state index contributed by atoms with van der Waals surface area (Å²) in [4.78, 5) is 8.02. The van der Waals surface area contributed by atoms with E-state index in [0.29, 0.717) is 30.6 Å². The Kier molecular flexibility index (Phi) is 7.43. The summed E-state index contributed by atoms with van der Waals surface area (Å²) in [7, 11) is 0. The molecule has 0 aromatic carbocycles. The van der Waals surface area contributed by atoms with Crippen LogP contribution in [0.1, 0.15) is 90.1 Å². The number of aryl methyl sites for hydroxylation is 1. The number of imidazole rings is 1. The Bertz CT molecular complexity index is 1090. The van der Waals surface area contributed by atoms with Crippen molar-refractivity contribution in [2.45, 2.75) is 109 Å². The summed E-state index contributed by atoms with van der Waals surface area (Å²) < 4.78 is 0. The van der Waals surface area contributed by atoms with Crippen LogP contribution in [-0.2, 0) is 11.8 Å². The van der Waals surface area contributed by atoms with E-state index in [0.717, 1.165) is 48.3 Å². The molecule has 4 saturated carbocycles. The highest BCUT2D eigenvalue weighted by molar-refractivity contribution is 5.38. The van der Waals surface area contributed by atoms with Crippen LogP contribution < -0.4 is 0 Å². The van der Waals surface area contributed by atoms with Crippen LogP contribution in [0.5, 0.6) is 0 Å². The first-order valence-corrected chi connectivity index (χ1v) is 14.5. The van der Waals surface area contributed by atoms with Crippen LogP contribution in [0.3, 0.4) is 0 Å². The third kappa shape index (κ3) is 4.95. The van der Waals surface area contributed by atoms with E-state index >= 15 is 0 Å². The molecule has 0 aliphatic heterocycles. The molecule has 1 heterocycles. The van der Waals surface area contributed by atoms with Crippen molar-refractivity contribution in [1.29, 1.82) is 0 Å². The minimum Gasteiger partial charge on any atom is -0.393 e. The SMILES string of the molecule is C=C1/C(=C\C=C2/CCC[C@]3(C)[C@@H]([C@H](C)/C=C/[C@H](O)C4(c5ncc(CC)[nH]5)CC4)CC[C@@H]23)C[C@@H](O)C[C@@H]1O. The number of hydrogen-bond acceptors (Lipinski definition) is 4. The van der Waals surface area contributed by atoms with Gasteiger partial charge in [-0.1, -0.05) is 57.2 Å². The van der Waals surface area contributed by atoms with E-state index in [1.54, 1.807) is 0 Å². The first-order valence-electron chi connectivity index (χ1n) is 14.5. The molecule has 0 saturated heterocycles. The van der Waals surface area contributed by atoms with Crippen LogP contribution >= 0.6 is 0 Å². The van der Waals surface area contributed by atoms with Crippen LogP contribution in [0, 0.1) is 23.2 Å². The van der Waals surface area contributed by atoms with Gasteiger partial charge in [-0.3, -0.25) is 0 Å². The molecule has 0 bridgehead atoms. The summed E-state index contributed by atoms with van der Waals surface area (Å²) in [5.41, 5.74) is 4.42. The molecule has 4 fully saturated rings. The van der Waals surface area contributed by atoms with Gasteiger partial charge in [0.25, 0.3) is 0 Å². The van der Waals surface area contributed by atoms with E-state index in [-0.39, 0.29) is 10.8 Å². The summed E-state index contributed by atoms with van der Waals surface area (Å²) in [5.74, 6) is 2.51. The number of allylic oxidation sites excluding steroid dienone is 4. The van der Waals surface area contributed by atoms with E-state index < -0.39 is 18.3 Å². The summed E-state index contributed by atoms with van der Waals surface area (Å²) in [6, 6.07) is 0. The number of fused-ring (bicyclic) bond motifs is 1. The number of rotatable bonds is 7. The lowest BCUT2D eigenvalue weighted by Crippen LogP contribution is -2.35. The normalized spacial score (nSPS) is 37.3. The average molecular weight is 507 g/mol. The molecular weight excluding hydrogens is 460 g/mol. The molecule has 0 unspecified atom stereocenters. The largest absolute Gasteiger partial charge is 0.393 e. The van der Waals surface area contributed by atoms with Crippen molar-refractivity contribution in [2.24, 2.45) is 23.2 Å². The van der Waals surface area contributed by atoms with Crippen LogP contribution in [0.15, 0.2) is 53.8 Å². The summed E-state index contributed by atoms with van der Waals surface area (Å²) in [6.45, 7) is 11.0. The molecule has 1 aromatic rings. The highest BCUT2D eigenvalue weighted by Crippen LogP contribution is 2.59. The van der Waals surface area contributed by atoms with Crippen LogP contribution in [0.4, 0.5) is 0 Å². The first-order chi connectivity index (χ1) is 17.7. The molecule has 5 rings (SSSR count). The maximum absolute atomic E-state index is 11.2. The smallest absolute Gasteiger partial charge is 0.115 e. The Morgan fingerprint density at radius 2 is 1.97 bits per heavy atom. The fourth-order valence-electron chi connectivity index (χ4n) is 7.81. The van der Waals surface area contributed by atoms with Crippen molar-refractivity contribution in [3.8, 4) is 0 Å². The molecule has 0 spiro atoms. The second-order valence-corrected chi connectivity index (χ2v) is 12.6. The van der Waals surface area contributed by atoms with Crippen LogP contribution in [0.2, 0.25) is 0 Å². The Balaban J connectivity index is 1.28. The Hall–Kier alpha value is -1.95. The van der Waals surface area contributed by atoms with E-state index in [1.165, 1.54) is 31.3 Å². The van der Waals surface area contributed by atoms with Gasteiger partial charge in [-0.15, -0.1) is 0 Å². The van der Waals surface area contributed by atoms with Crippen molar-refractivity contribution in [2.75, 3.05) is 0 Å². The van der Waals surface area contributed by atoms with E-state index in [1.807, 2.05) is 6.20 Å². The van der Waals surface area contributed by atoms with Gasteiger partial charge in [0.2, 0.25) is 0 Å². The Morgan fingerprint density at radius 3 is 2.68 bits per heavy atom. The molecule has 0 radical (unpaired) electrons. The standard InChI is InChI=1S/C32H46N2O3/c1-5-24-19-33-30(34-24)32(15-16-32)29(37)13-8-20(2)26-11-12-27-22(7-6-14-31(26,27)4)9-10-23-17-25(35)18-28(36)21(23)3/h8-10,13,19-20,25-29,35-37H,3,5-7,11-12,14-18H2,1-2,4H3,(H,33,34)/b13-8+,22-9+,23-10-/t20-,25-,26-,27+,28+,29+,31-/m1/s1. The van der Waals surface area contributed by atoms with Crippen molar-refractivity contribution in [3.05, 3.63) is 65.3 Å². The fourth-order valence-corrected chi connectivity index (χ4v) is 7.81. The number of nitrogens with zero attached hydrogens (tertiary/aromatic N) is 1. The first kappa shape index (κ1) is 26.6. The van der Waals surface area contributed by atoms with Gasteiger partial charge in [0, 0.05) is 18.3 Å². The highest BCUT2D eigenvalue weighted by atomic mass is 16.3. The zero-order valence-electron chi connectivity index (χ0n) is 22.9. The number of H-pyrrole nitrogens is 1. The summed E-state index contributed by atoms with van der Waals surface area (Å²) >= 11 is 0. The third-order valence-electron chi connectivity index (χ3n) is 10.4. The lowest BCUT2D eigenvalue weighted by molar-refractivity contribution is 0.0862. The summed E-state index contributed by atoms with van der Waals surface area (Å²) in [6.07, 6.45) is 18.9. The topological polar surface area (TPSA) is 89.4 Å². The van der Waals surface area contributed by atoms with E-state index in [4.69, 9.17) is 0 Å². The molecule has 202 valence electrons. The Morgan fingerprint density at radius 1 is 1.19 bits per heavy atom. The number of aliphatic hydroxyl groups excluding tert-OH is 3. The quantitative estimate of drug-likeness (QED) is 0.357. The predicted molar refractivity (Wildman–Crippen MR) is 148 cm³/mol. The van der Waals surface area contributed by atoms with Gasteiger partial charge in [0.05, 0.1) is 23.7 Å². The molecule has 4 N–H and O–H groups in total. The number of aromatic amines is 1. The lowest BCUT2D eigenvalue weighted by Gasteiger charge is -2.44. The van der Waals surface area contributed by atoms with E-state index in [9.17, 15) is 15.3 Å². The molecule has 0 amide bonds. The second kappa shape index (κ2) is 10.3. The molecule has 4 aliphatic rings. The minimum atomic E-state index is -0.639. The summed E-state index contributed by atoms with van der Waals surface area (Å²) in [5, 5.41) is 31.5. The molecule has 7 atom stereocenters.